The lowest BCUT2D eigenvalue weighted by Gasteiger charge is -2.24. The first-order valence-corrected chi connectivity index (χ1v) is 10.8. The first-order valence-electron chi connectivity index (χ1n) is 8.90. The van der Waals surface area contributed by atoms with Crippen LogP contribution in [0.15, 0.2) is 47.6 Å². The van der Waals surface area contributed by atoms with Gasteiger partial charge in [-0.3, -0.25) is 9.52 Å². The Kier molecular flexibility index (Phi) is 5.78. The molecule has 1 heterocycles. The second-order valence-corrected chi connectivity index (χ2v) is 8.41. The number of rotatable bonds is 6. The van der Waals surface area contributed by atoms with E-state index >= 15 is 0 Å². The average Bonchev–Trinajstić information content (AvgIpc) is 3.12. The Morgan fingerprint density at radius 3 is 2.17 bits per heavy atom. The van der Waals surface area contributed by atoms with Gasteiger partial charge in [-0.05, 0) is 29.8 Å². The van der Waals surface area contributed by atoms with Crippen LogP contribution in [0.5, 0.6) is 11.5 Å². The van der Waals surface area contributed by atoms with Gasteiger partial charge in [-0.25, -0.2) is 13.4 Å². The zero-order chi connectivity index (χ0) is 21.2. The van der Waals surface area contributed by atoms with Gasteiger partial charge in [-0.2, -0.15) is 5.10 Å². The molecule has 1 N–H and O–H groups in total. The molecule has 2 aromatic rings. The summed E-state index contributed by atoms with van der Waals surface area (Å²) in [6.07, 6.45) is 1.56. The molecule has 0 saturated heterocycles. The Balaban J connectivity index is 1.95. The number of benzene rings is 2. The third-order valence-corrected chi connectivity index (χ3v) is 5.16. The van der Waals surface area contributed by atoms with E-state index in [1.54, 1.807) is 38.5 Å². The van der Waals surface area contributed by atoms with Crippen molar-refractivity contribution in [1.29, 1.82) is 0 Å². The molecule has 1 amide bonds. The lowest BCUT2D eigenvalue weighted by Crippen LogP contribution is -2.25. The molecule has 154 valence electrons. The van der Waals surface area contributed by atoms with Crippen LogP contribution in [-0.2, 0) is 14.8 Å². The lowest BCUT2D eigenvalue weighted by atomic mass is 9.96. The lowest BCUT2D eigenvalue weighted by molar-refractivity contribution is -0.130. The quantitative estimate of drug-likeness (QED) is 0.779. The van der Waals surface area contributed by atoms with Crippen LogP contribution in [0.2, 0.25) is 0 Å². The topological polar surface area (TPSA) is 97.3 Å². The minimum absolute atomic E-state index is 0.201. The smallest absolute Gasteiger partial charge is 0.240 e. The largest absolute Gasteiger partial charge is 0.496 e. The van der Waals surface area contributed by atoms with Crippen LogP contribution in [0.25, 0.3) is 0 Å². The molecule has 0 bridgehead atoms. The molecule has 3 rings (SSSR count). The molecule has 0 spiro atoms. The van der Waals surface area contributed by atoms with E-state index in [2.05, 4.69) is 9.82 Å². The van der Waals surface area contributed by atoms with Crippen molar-refractivity contribution in [3.8, 4) is 11.5 Å². The van der Waals surface area contributed by atoms with Gasteiger partial charge in [0.05, 0.1) is 37.8 Å². The highest BCUT2D eigenvalue weighted by Crippen LogP contribution is 2.42. The molecular weight excluding hydrogens is 394 g/mol. The van der Waals surface area contributed by atoms with Gasteiger partial charge in [-0.1, -0.05) is 18.2 Å². The summed E-state index contributed by atoms with van der Waals surface area (Å²) in [4.78, 5) is 12.3. The third-order valence-electron chi connectivity index (χ3n) is 4.55. The third kappa shape index (κ3) is 4.51. The van der Waals surface area contributed by atoms with Gasteiger partial charge in [0.2, 0.25) is 15.9 Å². The summed E-state index contributed by atoms with van der Waals surface area (Å²) in [5, 5.41) is 5.95. The maximum absolute atomic E-state index is 12.3. The maximum atomic E-state index is 12.3. The summed E-state index contributed by atoms with van der Waals surface area (Å²) in [5.74, 6) is 1.03. The first kappa shape index (κ1) is 20.7. The number of anilines is 1. The maximum Gasteiger partial charge on any atom is 0.240 e. The van der Waals surface area contributed by atoms with E-state index in [9.17, 15) is 13.2 Å². The zero-order valence-corrected chi connectivity index (χ0v) is 17.5. The number of hydrogen-bond acceptors (Lipinski definition) is 6. The molecule has 0 saturated carbocycles. The Morgan fingerprint density at radius 1 is 1.10 bits per heavy atom. The molecule has 29 heavy (non-hydrogen) atoms. The number of ether oxygens (including phenoxy) is 2. The van der Waals surface area contributed by atoms with Crippen molar-refractivity contribution in [2.75, 3.05) is 25.2 Å². The van der Waals surface area contributed by atoms with E-state index in [1.807, 2.05) is 18.2 Å². The predicted octanol–water partition coefficient (Wildman–Crippen LogP) is 2.77. The van der Waals surface area contributed by atoms with Crippen LogP contribution >= 0.6 is 0 Å². The molecule has 0 aliphatic carbocycles. The molecule has 1 aliphatic rings. The summed E-state index contributed by atoms with van der Waals surface area (Å²) in [6, 6.07) is 12.0. The Hall–Kier alpha value is -3.07. The summed E-state index contributed by atoms with van der Waals surface area (Å²) in [7, 11) is -0.210. The van der Waals surface area contributed by atoms with Gasteiger partial charge in [0.25, 0.3) is 0 Å². The second-order valence-electron chi connectivity index (χ2n) is 6.66. The molecule has 1 aliphatic heterocycles. The summed E-state index contributed by atoms with van der Waals surface area (Å²) >= 11 is 0. The summed E-state index contributed by atoms with van der Waals surface area (Å²) < 4.78 is 36.2. The van der Waals surface area contributed by atoms with Gasteiger partial charge < -0.3 is 9.47 Å². The molecule has 1 atom stereocenters. The first-order chi connectivity index (χ1) is 13.7. The highest BCUT2D eigenvalue weighted by atomic mass is 32.2. The average molecular weight is 417 g/mol. The molecular formula is C20H23N3O5S. The number of methoxy groups -OCH3 is 2. The normalized spacial score (nSPS) is 16.3. The number of nitrogens with one attached hydrogen (secondary N) is 1. The Labute approximate surface area is 170 Å². The number of hydrazone groups is 1. The molecule has 8 nitrogen and oxygen atoms in total. The van der Waals surface area contributed by atoms with Crippen molar-refractivity contribution < 1.29 is 22.7 Å². The number of nitrogens with zero attached hydrogens (tertiary/aromatic N) is 2. The number of sulfonamides is 1. The predicted molar refractivity (Wildman–Crippen MR) is 111 cm³/mol. The van der Waals surface area contributed by atoms with Crippen LogP contribution in [0, 0.1) is 0 Å². The Morgan fingerprint density at radius 2 is 1.69 bits per heavy atom. The van der Waals surface area contributed by atoms with Crippen molar-refractivity contribution in [3.63, 3.8) is 0 Å². The molecule has 0 fully saturated rings. The van der Waals surface area contributed by atoms with Gasteiger partial charge >= 0.3 is 0 Å². The highest BCUT2D eigenvalue weighted by Gasteiger charge is 2.35. The van der Waals surface area contributed by atoms with Gasteiger partial charge in [0.1, 0.15) is 11.5 Å². The summed E-state index contributed by atoms with van der Waals surface area (Å²) in [5.41, 5.74) is 2.72. The fourth-order valence-electron chi connectivity index (χ4n) is 3.35. The molecule has 0 radical (unpaired) electrons. The van der Waals surface area contributed by atoms with Crippen LogP contribution < -0.4 is 14.2 Å². The standard InChI is InChI=1S/C20H23N3O5S/c1-13(24)23-17(20-18(27-2)6-5-7-19(20)28-3)12-16(21-23)14-8-10-15(11-9-14)22-29(4,25)26/h5-11,17,22H,12H2,1-4H3/t17-/m0/s1. The van der Waals surface area contributed by atoms with E-state index < -0.39 is 10.0 Å². The van der Waals surface area contributed by atoms with Crippen molar-refractivity contribution in [1.82, 2.24) is 5.01 Å². The molecule has 0 aromatic heterocycles. The van der Waals surface area contributed by atoms with Crippen LogP contribution in [0.1, 0.15) is 30.5 Å². The van der Waals surface area contributed by atoms with Crippen LogP contribution in [-0.4, -0.2) is 45.5 Å². The van der Waals surface area contributed by atoms with Crippen LogP contribution in [0.4, 0.5) is 5.69 Å². The zero-order valence-electron chi connectivity index (χ0n) is 16.7. The second kappa shape index (κ2) is 8.12. The van der Waals surface area contributed by atoms with Crippen molar-refractivity contribution >= 4 is 27.3 Å². The van der Waals surface area contributed by atoms with Gasteiger partial charge in [0, 0.05) is 19.0 Å². The fraction of sp³-hybridized carbons (Fsp3) is 0.300. The van der Waals surface area contributed by atoms with Crippen LogP contribution in [0.3, 0.4) is 0 Å². The number of carbonyl (C=O) groups excluding carboxylic acids is 1. The summed E-state index contributed by atoms with van der Waals surface area (Å²) in [6.45, 7) is 1.46. The Bertz CT molecular complexity index is 1030. The monoisotopic (exact) mass is 417 g/mol. The van der Waals surface area contributed by atoms with E-state index in [4.69, 9.17) is 9.47 Å². The molecule has 0 unspecified atom stereocenters. The fourth-order valence-corrected chi connectivity index (χ4v) is 3.92. The number of amides is 1. The van der Waals surface area contributed by atoms with E-state index in [-0.39, 0.29) is 11.9 Å². The van der Waals surface area contributed by atoms with E-state index in [0.717, 1.165) is 17.4 Å². The number of hydrogen-bond donors (Lipinski definition) is 1. The number of carbonyl (C=O) groups is 1. The minimum atomic E-state index is -3.35. The van der Waals surface area contributed by atoms with Gasteiger partial charge in [-0.15, -0.1) is 0 Å². The van der Waals surface area contributed by atoms with Crippen molar-refractivity contribution in [2.45, 2.75) is 19.4 Å². The van der Waals surface area contributed by atoms with Crippen molar-refractivity contribution in [2.24, 2.45) is 5.10 Å². The van der Waals surface area contributed by atoms with Gasteiger partial charge in [0.15, 0.2) is 0 Å². The molecule has 2 aromatic carbocycles. The SMILES string of the molecule is COc1cccc(OC)c1[C@@H]1CC(c2ccc(NS(C)(=O)=O)cc2)=NN1C(C)=O. The minimum Gasteiger partial charge on any atom is -0.496 e. The van der Waals surface area contributed by atoms with Crippen molar-refractivity contribution in [3.05, 3.63) is 53.6 Å². The van der Waals surface area contributed by atoms with E-state index in [0.29, 0.717) is 29.3 Å². The van der Waals surface area contributed by atoms with E-state index in [1.165, 1.54) is 11.9 Å². The highest BCUT2D eigenvalue weighted by molar-refractivity contribution is 7.92. The molecule has 9 heteroatoms.